The number of urea groups is 1. The van der Waals surface area contributed by atoms with Crippen LogP contribution in [0.15, 0.2) is 66.4 Å². The van der Waals surface area contributed by atoms with E-state index in [1.54, 1.807) is 30.3 Å². The normalized spacial score (nSPS) is 15.5. The quantitative estimate of drug-likeness (QED) is 0.669. The lowest BCUT2D eigenvalue weighted by Gasteiger charge is -2.11. The lowest BCUT2D eigenvalue weighted by Crippen LogP contribution is -2.38. The third kappa shape index (κ3) is 3.49. The van der Waals surface area contributed by atoms with Gasteiger partial charge in [0.1, 0.15) is 12.2 Å². The Hall–Kier alpha value is -3.41. The Kier molecular flexibility index (Phi) is 4.38. The highest BCUT2D eigenvalue weighted by atomic mass is 16.2. The topological polar surface area (TPSA) is 78.5 Å². The molecule has 6 heteroatoms. The predicted octanol–water partition coefficient (Wildman–Crippen LogP) is 2.22. The number of rotatable bonds is 4. The van der Waals surface area contributed by atoms with E-state index in [0.29, 0.717) is 5.69 Å². The molecule has 1 fully saturated rings. The zero-order valence-corrected chi connectivity index (χ0v) is 12.7. The van der Waals surface area contributed by atoms with Crippen molar-refractivity contribution >= 4 is 29.6 Å². The average Bonchev–Trinajstić information content (AvgIpc) is 2.84. The first-order chi connectivity index (χ1) is 11.6. The highest BCUT2D eigenvalue weighted by Crippen LogP contribution is 2.14. The van der Waals surface area contributed by atoms with Crippen molar-refractivity contribution in [3.05, 3.63) is 71.9 Å². The molecule has 0 spiro atoms. The number of carbonyl (C=O) groups is 3. The molecule has 0 aromatic heterocycles. The third-order valence-electron chi connectivity index (χ3n) is 3.43. The van der Waals surface area contributed by atoms with Crippen molar-refractivity contribution in [1.82, 2.24) is 10.2 Å². The summed E-state index contributed by atoms with van der Waals surface area (Å²) in [6.07, 6.45) is 1.58. The van der Waals surface area contributed by atoms with Crippen molar-refractivity contribution in [3.63, 3.8) is 0 Å². The van der Waals surface area contributed by atoms with Crippen molar-refractivity contribution in [1.29, 1.82) is 0 Å². The smallest absolute Gasteiger partial charge is 0.325 e. The van der Waals surface area contributed by atoms with E-state index in [2.05, 4.69) is 10.6 Å². The summed E-state index contributed by atoms with van der Waals surface area (Å²) in [6, 6.07) is 17.4. The molecule has 0 unspecified atom stereocenters. The number of para-hydroxylation sites is 1. The van der Waals surface area contributed by atoms with Crippen LogP contribution in [0, 0.1) is 0 Å². The Balaban J connectivity index is 1.68. The van der Waals surface area contributed by atoms with Crippen molar-refractivity contribution in [2.45, 2.75) is 0 Å². The minimum atomic E-state index is -0.606. The molecule has 0 bridgehead atoms. The fraction of sp³-hybridized carbons (Fsp3) is 0.0556. The maximum atomic E-state index is 12.3. The van der Waals surface area contributed by atoms with E-state index in [1.165, 1.54) is 0 Å². The van der Waals surface area contributed by atoms with Crippen LogP contribution in [0.3, 0.4) is 0 Å². The highest BCUT2D eigenvalue weighted by molar-refractivity contribution is 6.15. The minimum Gasteiger partial charge on any atom is -0.325 e. The monoisotopic (exact) mass is 321 g/mol. The van der Waals surface area contributed by atoms with E-state index in [4.69, 9.17) is 0 Å². The van der Waals surface area contributed by atoms with Crippen molar-refractivity contribution in [2.24, 2.45) is 0 Å². The van der Waals surface area contributed by atoms with Gasteiger partial charge in [0, 0.05) is 5.69 Å². The second-order valence-electron chi connectivity index (χ2n) is 5.20. The van der Waals surface area contributed by atoms with Crippen LogP contribution in [0.4, 0.5) is 10.5 Å². The number of nitrogens with zero attached hydrogens (tertiary/aromatic N) is 1. The van der Waals surface area contributed by atoms with E-state index in [9.17, 15) is 14.4 Å². The van der Waals surface area contributed by atoms with Gasteiger partial charge in [-0.1, -0.05) is 48.5 Å². The van der Waals surface area contributed by atoms with Gasteiger partial charge in [-0.3, -0.25) is 9.59 Å². The Bertz CT molecular complexity index is 801. The molecule has 0 atom stereocenters. The molecule has 0 saturated carbocycles. The van der Waals surface area contributed by atoms with Crippen LogP contribution in [-0.2, 0) is 9.59 Å². The molecule has 2 aromatic carbocycles. The molecule has 1 saturated heterocycles. The summed E-state index contributed by atoms with van der Waals surface area (Å²) in [6.45, 7) is -0.342. The van der Waals surface area contributed by atoms with E-state index in [1.807, 2.05) is 36.4 Å². The second kappa shape index (κ2) is 6.78. The summed E-state index contributed by atoms with van der Waals surface area (Å²) in [5.41, 5.74) is 1.55. The fourth-order valence-electron chi connectivity index (χ4n) is 2.30. The Labute approximate surface area is 138 Å². The van der Waals surface area contributed by atoms with Gasteiger partial charge in [0.05, 0.1) is 0 Å². The number of benzene rings is 2. The third-order valence-corrected chi connectivity index (χ3v) is 3.43. The van der Waals surface area contributed by atoms with Crippen LogP contribution >= 0.6 is 0 Å². The van der Waals surface area contributed by atoms with Gasteiger partial charge >= 0.3 is 6.03 Å². The van der Waals surface area contributed by atoms with Gasteiger partial charge in [0.25, 0.3) is 5.91 Å². The van der Waals surface area contributed by atoms with Crippen molar-refractivity contribution in [3.8, 4) is 0 Å². The average molecular weight is 321 g/mol. The van der Waals surface area contributed by atoms with Crippen LogP contribution in [0.5, 0.6) is 0 Å². The number of nitrogens with one attached hydrogen (secondary N) is 2. The minimum absolute atomic E-state index is 0.152. The number of hydrogen-bond donors (Lipinski definition) is 2. The maximum absolute atomic E-state index is 12.3. The standard InChI is InChI=1S/C18H15N3O3/c22-16(19-14-9-5-2-6-10-14)12-21-17(23)15(20-18(21)24)11-13-7-3-1-4-8-13/h1-11H,12H2,(H,19,22)(H,20,24). The first-order valence-electron chi connectivity index (χ1n) is 7.38. The Morgan fingerprint density at radius 1 is 1.00 bits per heavy atom. The van der Waals surface area contributed by atoms with E-state index in [0.717, 1.165) is 10.5 Å². The van der Waals surface area contributed by atoms with E-state index in [-0.39, 0.29) is 12.2 Å². The SMILES string of the molecule is O=C(CN1C(=O)NC(=Cc2ccccc2)C1=O)Nc1ccccc1. The van der Waals surface area contributed by atoms with Crippen LogP contribution in [0.2, 0.25) is 0 Å². The zero-order chi connectivity index (χ0) is 16.9. The summed E-state index contributed by atoms with van der Waals surface area (Å²) in [4.78, 5) is 37.2. The van der Waals surface area contributed by atoms with Gasteiger partial charge in [0.15, 0.2) is 0 Å². The number of anilines is 1. The van der Waals surface area contributed by atoms with Crippen molar-refractivity contribution < 1.29 is 14.4 Å². The lowest BCUT2D eigenvalue weighted by atomic mass is 10.2. The maximum Gasteiger partial charge on any atom is 0.329 e. The first kappa shape index (κ1) is 15.5. The van der Waals surface area contributed by atoms with Gasteiger partial charge < -0.3 is 10.6 Å². The molecule has 120 valence electrons. The van der Waals surface area contributed by atoms with Gasteiger partial charge in [-0.2, -0.15) is 0 Å². The number of hydrogen-bond acceptors (Lipinski definition) is 3. The number of imide groups is 1. The van der Waals surface area contributed by atoms with Crippen molar-refractivity contribution in [2.75, 3.05) is 11.9 Å². The summed E-state index contributed by atoms with van der Waals surface area (Å²) in [5.74, 6) is -0.960. The summed E-state index contributed by atoms with van der Waals surface area (Å²) >= 11 is 0. The molecule has 2 aromatic rings. The molecule has 4 amide bonds. The molecular weight excluding hydrogens is 306 g/mol. The molecule has 6 nitrogen and oxygen atoms in total. The number of amides is 4. The summed E-state index contributed by atoms with van der Waals surface area (Å²) in [7, 11) is 0. The second-order valence-corrected chi connectivity index (χ2v) is 5.20. The van der Waals surface area contributed by atoms with Gasteiger partial charge in [0.2, 0.25) is 5.91 Å². The Morgan fingerprint density at radius 3 is 2.29 bits per heavy atom. The molecule has 1 aliphatic heterocycles. The van der Waals surface area contributed by atoms with E-state index < -0.39 is 17.8 Å². The molecule has 2 N–H and O–H groups in total. The van der Waals surface area contributed by atoms with Crippen LogP contribution in [0.1, 0.15) is 5.56 Å². The highest BCUT2D eigenvalue weighted by Gasteiger charge is 2.34. The molecular formula is C18H15N3O3. The van der Waals surface area contributed by atoms with Crippen LogP contribution < -0.4 is 10.6 Å². The molecule has 1 aliphatic rings. The molecule has 24 heavy (non-hydrogen) atoms. The van der Waals surface area contributed by atoms with Gasteiger partial charge in [-0.15, -0.1) is 0 Å². The largest absolute Gasteiger partial charge is 0.329 e. The molecule has 0 radical (unpaired) electrons. The fourth-order valence-corrected chi connectivity index (χ4v) is 2.30. The molecule has 3 rings (SSSR count). The molecule has 0 aliphatic carbocycles. The summed E-state index contributed by atoms with van der Waals surface area (Å²) in [5, 5.41) is 5.13. The van der Waals surface area contributed by atoms with Crippen LogP contribution in [-0.4, -0.2) is 29.3 Å². The first-order valence-corrected chi connectivity index (χ1v) is 7.38. The Morgan fingerprint density at radius 2 is 1.62 bits per heavy atom. The molecule has 1 heterocycles. The number of carbonyl (C=O) groups excluding carboxylic acids is 3. The summed E-state index contributed by atoms with van der Waals surface area (Å²) < 4.78 is 0. The van der Waals surface area contributed by atoms with Crippen LogP contribution in [0.25, 0.3) is 6.08 Å². The predicted molar refractivity (Wildman–Crippen MR) is 89.7 cm³/mol. The van der Waals surface area contributed by atoms with E-state index >= 15 is 0 Å². The van der Waals surface area contributed by atoms with Gasteiger partial charge in [-0.05, 0) is 23.8 Å². The lowest BCUT2D eigenvalue weighted by molar-refractivity contribution is -0.127. The zero-order valence-electron chi connectivity index (χ0n) is 12.7. The van der Waals surface area contributed by atoms with Gasteiger partial charge in [-0.25, -0.2) is 9.69 Å².